The lowest BCUT2D eigenvalue weighted by Gasteiger charge is -2.39. The van der Waals surface area contributed by atoms with E-state index in [0.717, 1.165) is 0 Å². The lowest BCUT2D eigenvalue weighted by atomic mass is 9.90. The SMILES string of the molecule is CC1(NC(=O)O)CCN(c2cc(=O)n3c(-c4cccc(Cl)c4F)n[nH]c3n2)CC1. The Morgan fingerprint density at radius 1 is 1.38 bits per heavy atom. The second kappa shape index (κ2) is 7.03. The first-order valence-electron chi connectivity index (χ1n) is 8.96. The van der Waals surface area contributed by atoms with Crippen molar-refractivity contribution < 1.29 is 14.3 Å². The second-order valence-electron chi connectivity index (χ2n) is 7.24. The van der Waals surface area contributed by atoms with Crippen molar-refractivity contribution in [2.75, 3.05) is 18.0 Å². The summed E-state index contributed by atoms with van der Waals surface area (Å²) in [4.78, 5) is 30.1. The number of hydrogen-bond acceptors (Lipinski definition) is 5. The van der Waals surface area contributed by atoms with Gasteiger partial charge in [-0.05, 0) is 31.9 Å². The van der Waals surface area contributed by atoms with Gasteiger partial charge in [-0.2, -0.15) is 10.1 Å². The smallest absolute Gasteiger partial charge is 0.405 e. The molecule has 0 spiro atoms. The first-order valence-corrected chi connectivity index (χ1v) is 9.34. The van der Waals surface area contributed by atoms with Gasteiger partial charge < -0.3 is 15.3 Å². The zero-order chi connectivity index (χ0) is 20.8. The third-order valence-corrected chi connectivity index (χ3v) is 5.46. The summed E-state index contributed by atoms with van der Waals surface area (Å²) in [5.41, 5.74) is -0.841. The third-order valence-electron chi connectivity index (χ3n) is 5.17. The molecule has 1 aliphatic heterocycles. The number of rotatable bonds is 3. The van der Waals surface area contributed by atoms with Crippen molar-refractivity contribution >= 4 is 29.3 Å². The number of nitrogens with one attached hydrogen (secondary N) is 2. The van der Waals surface area contributed by atoms with Gasteiger partial charge in [-0.25, -0.2) is 18.7 Å². The Kier molecular flexibility index (Phi) is 4.65. The summed E-state index contributed by atoms with van der Waals surface area (Å²) in [6.45, 7) is 2.91. The second-order valence-corrected chi connectivity index (χ2v) is 7.65. The van der Waals surface area contributed by atoms with Crippen LogP contribution in [-0.4, -0.2) is 49.4 Å². The number of hydrogen-bond donors (Lipinski definition) is 3. The number of amides is 1. The van der Waals surface area contributed by atoms with E-state index in [0.29, 0.717) is 31.7 Å². The molecule has 9 nitrogen and oxygen atoms in total. The Hall–Kier alpha value is -3.14. The number of H-pyrrole nitrogens is 1. The predicted octanol–water partition coefficient (Wildman–Crippen LogP) is 2.50. The molecule has 1 aromatic carbocycles. The molecule has 11 heteroatoms. The maximum absolute atomic E-state index is 14.4. The number of aromatic nitrogens is 4. The van der Waals surface area contributed by atoms with E-state index >= 15 is 0 Å². The van der Waals surface area contributed by atoms with Gasteiger partial charge in [-0.3, -0.25) is 4.79 Å². The molecule has 2 aromatic heterocycles. The van der Waals surface area contributed by atoms with E-state index in [9.17, 15) is 14.0 Å². The lowest BCUT2D eigenvalue weighted by Crippen LogP contribution is -2.53. The molecule has 1 amide bonds. The summed E-state index contributed by atoms with van der Waals surface area (Å²) in [5.74, 6) is 0.0498. The fraction of sp³-hybridized carbons (Fsp3) is 0.333. The Morgan fingerprint density at radius 3 is 2.79 bits per heavy atom. The minimum absolute atomic E-state index is 0.0670. The van der Waals surface area contributed by atoms with Gasteiger partial charge in [0, 0.05) is 24.7 Å². The monoisotopic (exact) mass is 420 g/mol. The molecule has 3 heterocycles. The molecule has 3 aromatic rings. The number of benzene rings is 1. The van der Waals surface area contributed by atoms with Crippen molar-refractivity contribution in [2.45, 2.75) is 25.3 Å². The number of halogens is 2. The largest absolute Gasteiger partial charge is 0.465 e. The topological polar surface area (TPSA) is 116 Å². The van der Waals surface area contributed by atoms with Gasteiger partial charge in [-0.15, -0.1) is 0 Å². The van der Waals surface area contributed by atoms with Crippen molar-refractivity contribution in [2.24, 2.45) is 0 Å². The molecule has 3 N–H and O–H groups in total. The maximum Gasteiger partial charge on any atom is 0.405 e. The van der Waals surface area contributed by atoms with Crippen LogP contribution in [0.3, 0.4) is 0 Å². The molecule has 0 aliphatic carbocycles. The zero-order valence-corrected chi connectivity index (χ0v) is 16.2. The summed E-state index contributed by atoms with van der Waals surface area (Å²) in [7, 11) is 0. The van der Waals surface area contributed by atoms with E-state index in [-0.39, 0.29) is 22.2 Å². The number of fused-ring (bicyclic) bond motifs is 1. The number of aromatic amines is 1. The van der Waals surface area contributed by atoms with Crippen LogP contribution in [0.25, 0.3) is 17.2 Å². The molecule has 4 rings (SSSR count). The quantitative estimate of drug-likeness (QED) is 0.599. The van der Waals surface area contributed by atoms with Crippen LogP contribution in [0.15, 0.2) is 29.1 Å². The van der Waals surface area contributed by atoms with Crippen molar-refractivity contribution in [3.63, 3.8) is 0 Å². The molecule has 0 atom stereocenters. The third kappa shape index (κ3) is 3.51. The van der Waals surface area contributed by atoms with E-state index in [2.05, 4.69) is 20.5 Å². The fourth-order valence-corrected chi connectivity index (χ4v) is 3.71. The Labute approximate surface area is 169 Å². The predicted molar refractivity (Wildman–Crippen MR) is 105 cm³/mol. The summed E-state index contributed by atoms with van der Waals surface area (Å²) in [6.07, 6.45) is 0.0851. The molecule has 0 saturated carbocycles. The maximum atomic E-state index is 14.4. The molecular weight excluding hydrogens is 403 g/mol. The highest BCUT2D eigenvalue weighted by Gasteiger charge is 2.32. The van der Waals surface area contributed by atoms with E-state index < -0.39 is 23.0 Å². The van der Waals surface area contributed by atoms with Crippen molar-refractivity contribution in [3.05, 3.63) is 45.5 Å². The van der Waals surface area contributed by atoms with Crippen LogP contribution < -0.4 is 15.8 Å². The van der Waals surface area contributed by atoms with Crippen molar-refractivity contribution in [1.29, 1.82) is 0 Å². The van der Waals surface area contributed by atoms with Crippen molar-refractivity contribution in [3.8, 4) is 11.4 Å². The average Bonchev–Trinajstić information content (AvgIpc) is 3.08. The standard InChI is InChI=1S/C18H18ClFN6O3/c1-18(22-17(28)29)5-7-25(8-6-18)12-9-13(27)26-15(23-24-16(26)21-12)10-3-2-4-11(19)14(10)20/h2-4,9,22H,5-8H2,1H3,(H,21,24)(H,28,29). The first kappa shape index (κ1) is 19.2. The number of carbonyl (C=O) groups is 1. The van der Waals surface area contributed by atoms with Gasteiger partial charge >= 0.3 is 6.09 Å². The molecule has 0 bridgehead atoms. The first-order chi connectivity index (χ1) is 13.8. The Bertz CT molecular complexity index is 1150. The summed E-state index contributed by atoms with van der Waals surface area (Å²) in [6, 6.07) is 5.83. The lowest BCUT2D eigenvalue weighted by molar-refractivity contribution is 0.173. The zero-order valence-electron chi connectivity index (χ0n) is 15.4. The number of piperidine rings is 1. The number of anilines is 1. The molecule has 0 unspecified atom stereocenters. The fourth-order valence-electron chi connectivity index (χ4n) is 3.53. The van der Waals surface area contributed by atoms with Gasteiger partial charge in [0.1, 0.15) is 5.82 Å². The van der Waals surface area contributed by atoms with E-state index in [1.807, 2.05) is 11.8 Å². The Morgan fingerprint density at radius 2 is 2.10 bits per heavy atom. The van der Waals surface area contributed by atoms with E-state index in [1.165, 1.54) is 22.6 Å². The van der Waals surface area contributed by atoms with Gasteiger partial charge in [0.25, 0.3) is 5.56 Å². The van der Waals surface area contributed by atoms with Crippen LogP contribution in [0.2, 0.25) is 5.02 Å². The highest BCUT2D eigenvalue weighted by Crippen LogP contribution is 2.27. The molecule has 29 heavy (non-hydrogen) atoms. The minimum atomic E-state index is -1.06. The van der Waals surface area contributed by atoms with Crippen LogP contribution in [0.5, 0.6) is 0 Å². The highest BCUT2D eigenvalue weighted by atomic mass is 35.5. The molecule has 0 radical (unpaired) electrons. The average molecular weight is 421 g/mol. The van der Waals surface area contributed by atoms with Crippen LogP contribution in [0.1, 0.15) is 19.8 Å². The minimum Gasteiger partial charge on any atom is -0.465 e. The number of carboxylic acid groups (broad SMARTS) is 1. The normalized spacial score (nSPS) is 16.2. The van der Waals surface area contributed by atoms with Crippen molar-refractivity contribution in [1.82, 2.24) is 24.9 Å². The van der Waals surface area contributed by atoms with Crippen LogP contribution >= 0.6 is 11.6 Å². The molecule has 1 aliphatic rings. The molecule has 1 fully saturated rings. The van der Waals surface area contributed by atoms with E-state index in [4.69, 9.17) is 16.7 Å². The number of nitrogens with zero attached hydrogens (tertiary/aromatic N) is 4. The molecule has 152 valence electrons. The van der Waals surface area contributed by atoms with Crippen LogP contribution in [0, 0.1) is 5.82 Å². The van der Waals surface area contributed by atoms with Gasteiger partial charge in [0.05, 0.1) is 10.6 Å². The van der Waals surface area contributed by atoms with Gasteiger partial charge in [-0.1, -0.05) is 17.7 Å². The van der Waals surface area contributed by atoms with Crippen LogP contribution in [-0.2, 0) is 0 Å². The molecule has 1 saturated heterocycles. The van der Waals surface area contributed by atoms with Gasteiger partial charge in [0.15, 0.2) is 11.6 Å². The summed E-state index contributed by atoms with van der Waals surface area (Å²) >= 11 is 5.84. The van der Waals surface area contributed by atoms with E-state index in [1.54, 1.807) is 6.07 Å². The summed E-state index contributed by atoms with van der Waals surface area (Å²) < 4.78 is 15.6. The van der Waals surface area contributed by atoms with Gasteiger partial charge in [0.2, 0.25) is 5.78 Å². The van der Waals surface area contributed by atoms with Crippen LogP contribution in [0.4, 0.5) is 15.0 Å². The summed E-state index contributed by atoms with van der Waals surface area (Å²) in [5, 5.41) is 18.2. The molecular formula is C18H18ClFN6O3. The Balaban J connectivity index is 1.66. The highest BCUT2D eigenvalue weighted by molar-refractivity contribution is 6.31.